The number of nitrogens with one attached hydrogen (secondary N) is 1. The zero-order valence-corrected chi connectivity index (χ0v) is 14.1. The lowest BCUT2D eigenvalue weighted by Gasteiger charge is -2.14. The second kappa shape index (κ2) is 6.43. The highest BCUT2D eigenvalue weighted by Crippen LogP contribution is 2.03. The SMILES string of the molecule is Cn1cnc2c1c(=O)n(CC(=O)NCCN1C(=O)C=CC1=O)c(=O)n2C. The van der Waals surface area contributed by atoms with Crippen LogP contribution in [0.3, 0.4) is 0 Å². The van der Waals surface area contributed by atoms with Crippen LogP contribution in [0.1, 0.15) is 0 Å². The zero-order valence-electron chi connectivity index (χ0n) is 14.1. The molecule has 3 amide bonds. The number of fused-ring (bicyclic) bond motifs is 1. The van der Waals surface area contributed by atoms with E-state index in [1.165, 1.54) is 22.5 Å². The third kappa shape index (κ3) is 2.83. The number of nitrogens with zero attached hydrogens (tertiary/aromatic N) is 5. The second-order valence-electron chi connectivity index (χ2n) is 5.77. The quantitative estimate of drug-likeness (QED) is 0.586. The molecular formula is C15H16N6O5. The third-order valence-electron chi connectivity index (χ3n) is 4.06. The molecule has 0 spiro atoms. The number of carbonyl (C=O) groups is 3. The number of hydrogen-bond acceptors (Lipinski definition) is 6. The minimum atomic E-state index is -0.662. The summed E-state index contributed by atoms with van der Waals surface area (Å²) in [6.07, 6.45) is 3.71. The Kier molecular flexibility index (Phi) is 4.28. The summed E-state index contributed by atoms with van der Waals surface area (Å²) in [4.78, 5) is 64.7. The molecule has 1 N–H and O–H groups in total. The number of rotatable bonds is 5. The molecule has 11 nitrogen and oxygen atoms in total. The Morgan fingerprint density at radius 1 is 1.12 bits per heavy atom. The highest BCUT2D eigenvalue weighted by atomic mass is 16.2. The molecular weight excluding hydrogens is 344 g/mol. The number of carbonyl (C=O) groups excluding carboxylic acids is 3. The number of amides is 3. The third-order valence-corrected chi connectivity index (χ3v) is 4.06. The lowest BCUT2D eigenvalue weighted by atomic mass is 10.4. The lowest BCUT2D eigenvalue weighted by Crippen LogP contribution is -2.45. The van der Waals surface area contributed by atoms with Crippen LogP contribution >= 0.6 is 0 Å². The van der Waals surface area contributed by atoms with Crippen LogP contribution in [-0.2, 0) is 35.0 Å². The number of aryl methyl sites for hydroxylation is 2. The van der Waals surface area contributed by atoms with Crippen molar-refractivity contribution in [3.63, 3.8) is 0 Å². The molecule has 0 unspecified atom stereocenters. The van der Waals surface area contributed by atoms with Gasteiger partial charge in [0.25, 0.3) is 17.4 Å². The van der Waals surface area contributed by atoms with Crippen molar-refractivity contribution >= 4 is 28.9 Å². The summed E-state index contributed by atoms with van der Waals surface area (Å²) in [7, 11) is 3.08. The Labute approximate surface area is 146 Å². The molecule has 2 aromatic heterocycles. The van der Waals surface area contributed by atoms with Gasteiger partial charge in [0.2, 0.25) is 5.91 Å². The van der Waals surface area contributed by atoms with Gasteiger partial charge in [0.05, 0.1) is 6.33 Å². The first-order chi connectivity index (χ1) is 12.3. The van der Waals surface area contributed by atoms with Crippen molar-refractivity contribution in [2.45, 2.75) is 6.54 Å². The molecule has 0 radical (unpaired) electrons. The van der Waals surface area contributed by atoms with E-state index in [9.17, 15) is 24.0 Å². The van der Waals surface area contributed by atoms with Crippen molar-refractivity contribution in [1.29, 1.82) is 0 Å². The molecule has 1 aliphatic rings. The van der Waals surface area contributed by atoms with E-state index in [2.05, 4.69) is 10.3 Å². The van der Waals surface area contributed by atoms with Crippen molar-refractivity contribution < 1.29 is 14.4 Å². The first kappa shape index (κ1) is 17.3. The molecule has 0 bridgehead atoms. The molecule has 0 aromatic carbocycles. The first-order valence-electron chi connectivity index (χ1n) is 7.72. The molecule has 3 heterocycles. The standard InChI is InChI=1S/C15H16N6O5/c1-18-8-17-13-12(18)14(25)21(15(26)19(13)2)7-9(22)16-5-6-20-10(23)3-4-11(20)24/h3-4,8H,5-7H2,1-2H3,(H,16,22). The fourth-order valence-electron chi connectivity index (χ4n) is 2.69. The van der Waals surface area contributed by atoms with Crippen molar-refractivity contribution in [3.05, 3.63) is 39.3 Å². The smallest absolute Gasteiger partial charge is 0.332 e. The van der Waals surface area contributed by atoms with Crippen molar-refractivity contribution in [2.75, 3.05) is 13.1 Å². The van der Waals surface area contributed by atoms with Crippen LogP contribution in [0, 0.1) is 0 Å². The maximum Gasteiger partial charge on any atom is 0.332 e. The van der Waals surface area contributed by atoms with Crippen LogP contribution in [0.25, 0.3) is 11.2 Å². The molecule has 0 aliphatic carbocycles. The largest absolute Gasteiger partial charge is 0.353 e. The van der Waals surface area contributed by atoms with Crippen molar-refractivity contribution in [1.82, 2.24) is 28.9 Å². The number of aromatic nitrogens is 4. The molecule has 0 saturated heterocycles. The molecule has 0 saturated carbocycles. The number of imide groups is 1. The maximum atomic E-state index is 12.5. The second-order valence-corrected chi connectivity index (χ2v) is 5.77. The Hall–Kier alpha value is -3.50. The van der Waals surface area contributed by atoms with Gasteiger partial charge >= 0.3 is 5.69 Å². The van der Waals surface area contributed by atoms with Gasteiger partial charge < -0.3 is 9.88 Å². The molecule has 2 aromatic rings. The summed E-state index contributed by atoms with van der Waals surface area (Å²) in [6.45, 7) is -0.460. The van der Waals surface area contributed by atoms with Gasteiger partial charge in [-0.15, -0.1) is 0 Å². The fraction of sp³-hybridized carbons (Fsp3) is 0.333. The summed E-state index contributed by atoms with van der Waals surface area (Å²) in [5, 5.41) is 2.49. The number of imidazole rings is 1. The average Bonchev–Trinajstić information content (AvgIpc) is 3.14. The highest BCUT2D eigenvalue weighted by molar-refractivity contribution is 6.12. The van der Waals surface area contributed by atoms with Crippen LogP contribution in [0.2, 0.25) is 0 Å². The van der Waals surface area contributed by atoms with E-state index in [1.807, 2.05) is 0 Å². The van der Waals surface area contributed by atoms with Crippen LogP contribution in [0.4, 0.5) is 0 Å². The average molecular weight is 360 g/mol. The van der Waals surface area contributed by atoms with E-state index in [4.69, 9.17) is 0 Å². The summed E-state index contributed by atoms with van der Waals surface area (Å²) < 4.78 is 3.48. The van der Waals surface area contributed by atoms with E-state index in [0.717, 1.165) is 21.6 Å². The van der Waals surface area contributed by atoms with Crippen LogP contribution in [0.5, 0.6) is 0 Å². The summed E-state index contributed by atoms with van der Waals surface area (Å²) in [5.41, 5.74) is -0.838. The lowest BCUT2D eigenvalue weighted by molar-refractivity contribution is -0.137. The van der Waals surface area contributed by atoms with E-state index < -0.39 is 35.5 Å². The van der Waals surface area contributed by atoms with E-state index in [1.54, 1.807) is 7.05 Å². The summed E-state index contributed by atoms with van der Waals surface area (Å²) >= 11 is 0. The molecule has 1 aliphatic heterocycles. The predicted octanol–water partition coefficient (Wildman–Crippen LogP) is -2.53. The summed E-state index contributed by atoms with van der Waals surface area (Å²) in [6, 6.07) is 0. The Morgan fingerprint density at radius 2 is 1.77 bits per heavy atom. The van der Waals surface area contributed by atoms with Gasteiger partial charge in [0, 0.05) is 39.3 Å². The van der Waals surface area contributed by atoms with Gasteiger partial charge in [-0.1, -0.05) is 0 Å². The van der Waals surface area contributed by atoms with E-state index in [0.29, 0.717) is 0 Å². The Morgan fingerprint density at radius 3 is 2.42 bits per heavy atom. The van der Waals surface area contributed by atoms with Crippen molar-refractivity contribution in [3.8, 4) is 0 Å². The Balaban J connectivity index is 1.73. The van der Waals surface area contributed by atoms with Crippen LogP contribution < -0.4 is 16.6 Å². The minimum absolute atomic E-state index is 0.00405. The molecule has 0 fully saturated rings. The highest BCUT2D eigenvalue weighted by Gasteiger charge is 2.23. The maximum absolute atomic E-state index is 12.5. The fourth-order valence-corrected chi connectivity index (χ4v) is 2.69. The van der Waals surface area contributed by atoms with E-state index >= 15 is 0 Å². The van der Waals surface area contributed by atoms with Gasteiger partial charge in [-0.25, -0.2) is 14.3 Å². The van der Waals surface area contributed by atoms with Gasteiger partial charge in [-0.3, -0.25) is 28.6 Å². The summed E-state index contributed by atoms with van der Waals surface area (Å²) in [5.74, 6) is -1.48. The number of hydrogen-bond donors (Lipinski definition) is 1. The molecule has 26 heavy (non-hydrogen) atoms. The van der Waals surface area contributed by atoms with Crippen molar-refractivity contribution in [2.24, 2.45) is 14.1 Å². The van der Waals surface area contributed by atoms with E-state index in [-0.39, 0.29) is 24.3 Å². The van der Waals surface area contributed by atoms with Gasteiger partial charge in [-0.2, -0.15) is 0 Å². The molecule has 3 rings (SSSR count). The Bertz CT molecular complexity index is 1050. The topological polar surface area (TPSA) is 128 Å². The van der Waals surface area contributed by atoms with Gasteiger partial charge in [0.15, 0.2) is 11.2 Å². The monoisotopic (exact) mass is 360 g/mol. The molecule has 11 heteroatoms. The molecule has 0 atom stereocenters. The normalized spacial score (nSPS) is 13.8. The van der Waals surface area contributed by atoms with Crippen LogP contribution in [0.15, 0.2) is 28.1 Å². The van der Waals surface area contributed by atoms with Crippen LogP contribution in [-0.4, -0.2) is 54.4 Å². The van der Waals surface area contributed by atoms with Gasteiger partial charge in [-0.05, 0) is 0 Å². The zero-order chi connectivity index (χ0) is 19.0. The van der Waals surface area contributed by atoms with Gasteiger partial charge in [0.1, 0.15) is 6.54 Å². The minimum Gasteiger partial charge on any atom is -0.353 e. The first-order valence-corrected chi connectivity index (χ1v) is 7.72. The molecule has 136 valence electrons. The predicted molar refractivity (Wildman–Crippen MR) is 89.1 cm³/mol.